The largest absolute Gasteiger partial charge is 0.497 e. The lowest BCUT2D eigenvalue weighted by atomic mass is 10.1. The first kappa shape index (κ1) is 15.1. The van der Waals surface area contributed by atoms with E-state index < -0.39 is 5.82 Å². The number of rotatable bonds is 6. The fraction of sp³-hybridized carbons (Fsp3) is 0.286. The molecule has 23 heavy (non-hydrogen) atoms. The highest BCUT2D eigenvalue weighted by atomic mass is 19.1. The highest BCUT2D eigenvalue weighted by molar-refractivity contribution is 5.49. The Morgan fingerprint density at radius 3 is 2.87 bits per heavy atom. The number of benzene rings is 1. The molecule has 8 nitrogen and oxygen atoms in total. The zero-order chi connectivity index (χ0) is 16.2. The third-order valence-corrected chi connectivity index (χ3v) is 3.18. The minimum Gasteiger partial charge on any atom is -0.497 e. The normalized spacial score (nSPS) is 10.9. The first-order valence-corrected chi connectivity index (χ1v) is 6.75. The molecule has 0 bridgehead atoms. The molecule has 9 heteroatoms. The summed E-state index contributed by atoms with van der Waals surface area (Å²) in [6, 6.07) is 4.61. The maximum absolute atomic E-state index is 14.0. The van der Waals surface area contributed by atoms with E-state index >= 15 is 0 Å². The van der Waals surface area contributed by atoms with E-state index in [9.17, 15) is 4.39 Å². The van der Waals surface area contributed by atoms with Gasteiger partial charge < -0.3 is 14.0 Å². The number of halogens is 1. The van der Waals surface area contributed by atoms with Gasteiger partial charge in [-0.05, 0) is 11.6 Å². The van der Waals surface area contributed by atoms with Crippen molar-refractivity contribution in [1.29, 1.82) is 0 Å². The van der Waals surface area contributed by atoms with E-state index in [0.717, 1.165) is 0 Å². The van der Waals surface area contributed by atoms with Gasteiger partial charge in [0.05, 0.1) is 13.7 Å². The van der Waals surface area contributed by atoms with E-state index in [0.29, 0.717) is 28.5 Å². The number of nitrogens with zero attached hydrogens (tertiary/aromatic N) is 4. The predicted molar refractivity (Wildman–Crippen MR) is 76.1 cm³/mol. The van der Waals surface area contributed by atoms with Crippen LogP contribution in [0.1, 0.15) is 17.1 Å². The minimum absolute atomic E-state index is 0.191. The van der Waals surface area contributed by atoms with E-state index in [1.54, 1.807) is 19.2 Å². The van der Waals surface area contributed by atoms with Gasteiger partial charge in [-0.2, -0.15) is 20.4 Å². The Kier molecular flexibility index (Phi) is 4.29. The van der Waals surface area contributed by atoms with Gasteiger partial charge in [0.1, 0.15) is 17.3 Å². The Morgan fingerprint density at radius 1 is 1.26 bits per heavy atom. The SMILES string of the molecule is COCc1n[nH]nc1-c1nc(Cc2ccc(OC)cc2F)no1. The second kappa shape index (κ2) is 6.53. The Hall–Kier alpha value is -2.81. The van der Waals surface area contributed by atoms with E-state index in [1.165, 1.54) is 13.2 Å². The summed E-state index contributed by atoms with van der Waals surface area (Å²) in [7, 11) is 3.03. The van der Waals surface area contributed by atoms with Crippen LogP contribution >= 0.6 is 0 Å². The summed E-state index contributed by atoms with van der Waals surface area (Å²) in [5.74, 6) is 0.606. The number of aromatic nitrogens is 5. The fourth-order valence-electron chi connectivity index (χ4n) is 2.05. The van der Waals surface area contributed by atoms with Crippen molar-refractivity contribution in [2.75, 3.05) is 14.2 Å². The molecule has 0 aliphatic rings. The summed E-state index contributed by atoms with van der Waals surface area (Å²) in [6.07, 6.45) is 0.191. The zero-order valence-electron chi connectivity index (χ0n) is 12.5. The average Bonchev–Trinajstić information content (AvgIpc) is 3.18. The van der Waals surface area contributed by atoms with Crippen LogP contribution in [0.4, 0.5) is 4.39 Å². The van der Waals surface area contributed by atoms with Crippen LogP contribution in [0.2, 0.25) is 0 Å². The number of methoxy groups -OCH3 is 2. The van der Waals surface area contributed by atoms with Crippen molar-refractivity contribution in [2.24, 2.45) is 0 Å². The number of hydrogen-bond donors (Lipinski definition) is 1. The third-order valence-electron chi connectivity index (χ3n) is 3.18. The topological polar surface area (TPSA) is 99.0 Å². The molecule has 0 fully saturated rings. The Bertz CT molecular complexity index is 801. The second-order valence-corrected chi connectivity index (χ2v) is 4.70. The van der Waals surface area contributed by atoms with Gasteiger partial charge in [-0.25, -0.2) is 4.39 Å². The second-order valence-electron chi connectivity index (χ2n) is 4.70. The molecule has 0 aliphatic heterocycles. The van der Waals surface area contributed by atoms with Crippen molar-refractivity contribution < 1.29 is 18.4 Å². The third kappa shape index (κ3) is 3.19. The maximum Gasteiger partial charge on any atom is 0.280 e. The molecule has 1 aromatic carbocycles. The zero-order valence-corrected chi connectivity index (χ0v) is 12.5. The van der Waals surface area contributed by atoms with Crippen LogP contribution in [0.15, 0.2) is 22.7 Å². The van der Waals surface area contributed by atoms with E-state index in [-0.39, 0.29) is 18.9 Å². The molecule has 2 aromatic heterocycles. The first-order chi connectivity index (χ1) is 11.2. The summed E-state index contributed by atoms with van der Waals surface area (Å²) in [5, 5.41) is 14.2. The van der Waals surface area contributed by atoms with Crippen molar-refractivity contribution in [3.05, 3.63) is 41.1 Å². The van der Waals surface area contributed by atoms with Gasteiger partial charge in [0, 0.05) is 19.6 Å². The van der Waals surface area contributed by atoms with Crippen molar-refractivity contribution in [2.45, 2.75) is 13.0 Å². The summed E-state index contributed by atoms with van der Waals surface area (Å²) in [4.78, 5) is 4.22. The van der Waals surface area contributed by atoms with Gasteiger partial charge >= 0.3 is 0 Å². The molecule has 120 valence electrons. The smallest absolute Gasteiger partial charge is 0.280 e. The standard InChI is InChI=1S/C14H14FN5O3/c1-21-7-11-13(18-20-17-11)14-16-12(19-23-14)5-8-3-4-9(22-2)6-10(8)15/h3-4,6H,5,7H2,1-2H3,(H,17,18,20). The number of ether oxygens (including phenoxy) is 2. The summed E-state index contributed by atoms with van der Waals surface area (Å²) < 4.78 is 29.1. The highest BCUT2D eigenvalue weighted by Gasteiger charge is 2.18. The van der Waals surface area contributed by atoms with Crippen LogP contribution in [-0.4, -0.2) is 39.8 Å². The lowest BCUT2D eigenvalue weighted by Gasteiger charge is -2.03. The molecule has 2 heterocycles. The van der Waals surface area contributed by atoms with Crippen molar-refractivity contribution in [1.82, 2.24) is 25.6 Å². The lowest BCUT2D eigenvalue weighted by molar-refractivity contribution is 0.181. The van der Waals surface area contributed by atoms with Crippen LogP contribution in [-0.2, 0) is 17.8 Å². The van der Waals surface area contributed by atoms with E-state index in [2.05, 4.69) is 25.6 Å². The summed E-state index contributed by atoms with van der Waals surface area (Å²) in [5.41, 5.74) is 1.41. The molecule has 0 saturated carbocycles. The molecule has 0 aliphatic carbocycles. The van der Waals surface area contributed by atoms with Gasteiger partial charge in [-0.1, -0.05) is 11.2 Å². The molecule has 3 rings (SSSR count). The van der Waals surface area contributed by atoms with Crippen molar-refractivity contribution in [3.63, 3.8) is 0 Å². The first-order valence-electron chi connectivity index (χ1n) is 6.75. The summed E-state index contributed by atoms with van der Waals surface area (Å²) in [6.45, 7) is 0.261. The van der Waals surface area contributed by atoms with Crippen LogP contribution in [0.25, 0.3) is 11.6 Å². The minimum atomic E-state index is -0.391. The predicted octanol–water partition coefficient (Wildman–Crippen LogP) is 1.74. The number of nitrogens with one attached hydrogen (secondary N) is 1. The monoisotopic (exact) mass is 319 g/mol. The van der Waals surface area contributed by atoms with Crippen LogP contribution in [0.5, 0.6) is 5.75 Å². The van der Waals surface area contributed by atoms with Crippen molar-refractivity contribution in [3.8, 4) is 17.3 Å². The lowest BCUT2D eigenvalue weighted by Crippen LogP contribution is -1.96. The molecule has 3 aromatic rings. The number of aromatic amines is 1. The molecular weight excluding hydrogens is 305 g/mol. The van der Waals surface area contributed by atoms with E-state index in [4.69, 9.17) is 14.0 Å². The van der Waals surface area contributed by atoms with Crippen LogP contribution in [0, 0.1) is 5.82 Å². The van der Waals surface area contributed by atoms with Crippen molar-refractivity contribution >= 4 is 0 Å². The fourth-order valence-corrected chi connectivity index (χ4v) is 2.05. The Balaban J connectivity index is 1.81. The molecule has 0 unspecified atom stereocenters. The quantitative estimate of drug-likeness (QED) is 0.738. The van der Waals surface area contributed by atoms with Gasteiger partial charge in [0.25, 0.3) is 5.89 Å². The highest BCUT2D eigenvalue weighted by Crippen LogP contribution is 2.21. The Morgan fingerprint density at radius 2 is 2.13 bits per heavy atom. The molecule has 0 saturated heterocycles. The molecule has 1 N–H and O–H groups in total. The van der Waals surface area contributed by atoms with E-state index in [1.807, 2.05) is 0 Å². The molecular formula is C14H14FN5O3. The Labute approximate surface area is 130 Å². The van der Waals surface area contributed by atoms with Gasteiger partial charge in [0.2, 0.25) is 0 Å². The van der Waals surface area contributed by atoms with Gasteiger partial charge in [-0.15, -0.1) is 0 Å². The van der Waals surface area contributed by atoms with Gasteiger partial charge in [-0.3, -0.25) is 0 Å². The number of H-pyrrole nitrogens is 1. The molecule has 0 amide bonds. The maximum atomic E-state index is 14.0. The molecule has 0 spiro atoms. The van der Waals surface area contributed by atoms with Gasteiger partial charge in [0.15, 0.2) is 11.5 Å². The van der Waals surface area contributed by atoms with Crippen LogP contribution < -0.4 is 4.74 Å². The molecule has 0 radical (unpaired) electrons. The summed E-state index contributed by atoms with van der Waals surface area (Å²) >= 11 is 0. The molecule has 0 atom stereocenters. The average molecular weight is 319 g/mol. The van der Waals surface area contributed by atoms with Crippen LogP contribution in [0.3, 0.4) is 0 Å². The number of hydrogen-bond acceptors (Lipinski definition) is 7.